The number of hydrogen-bond donors (Lipinski definition) is 2. The number of anilines is 1. The van der Waals surface area contributed by atoms with Crippen molar-refractivity contribution in [1.29, 1.82) is 0 Å². The van der Waals surface area contributed by atoms with E-state index in [1.54, 1.807) is 0 Å². The van der Waals surface area contributed by atoms with Crippen LogP contribution in [0.25, 0.3) is 10.9 Å². The molecule has 0 radical (unpaired) electrons. The normalized spacial score (nSPS) is 10.2. The largest absolute Gasteiger partial charge is 0.386 e. The van der Waals surface area contributed by atoms with E-state index in [4.69, 9.17) is 0 Å². The van der Waals surface area contributed by atoms with Gasteiger partial charge in [0.05, 0.1) is 11.2 Å². The van der Waals surface area contributed by atoms with Crippen molar-refractivity contribution in [3.05, 3.63) is 40.7 Å². The molecule has 0 fully saturated rings. The van der Waals surface area contributed by atoms with Crippen molar-refractivity contribution in [2.75, 3.05) is 12.4 Å². The number of hydrogen-bond acceptors (Lipinski definition) is 2. The zero-order valence-corrected chi connectivity index (χ0v) is 7.29. The van der Waals surface area contributed by atoms with Gasteiger partial charge in [-0.2, -0.15) is 0 Å². The summed E-state index contributed by atoms with van der Waals surface area (Å²) >= 11 is 0. The number of nitrogens with one attached hydrogen (secondary N) is 2. The Balaban J connectivity index is 2.87. The van der Waals surface area contributed by atoms with Crippen LogP contribution in [0.3, 0.4) is 0 Å². The summed E-state index contributed by atoms with van der Waals surface area (Å²) in [6.07, 6.45) is 0. The van der Waals surface area contributed by atoms with Crippen molar-refractivity contribution in [3.63, 3.8) is 0 Å². The molecule has 2 rings (SSSR count). The van der Waals surface area contributed by atoms with Gasteiger partial charge < -0.3 is 10.3 Å². The van der Waals surface area contributed by atoms with Crippen molar-refractivity contribution in [3.8, 4) is 0 Å². The summed E-state index contributed by atoms with van der Waals surface area (Å²) in [5.41, 5.74) is 1.72. The Bertz CT molecular complexity index is 487. The number of rotatable bonds is 1. The van der Waals surface area contributed by atoms with E-state index < -0.39 is 0 Å². The average Bonchev–Trinajstić information content (AvgIpc) is 2.17. The van der Waals surface area contributed by atoms with Crippen LogP contribution in [0.4, 0.5) is 5.69 Å². The van der Waals surface area contributed by atoms with Gasteiger partial charge >= 0.3 is 0 Å². The molecule has 0 spiro atoms. The summed E-state index contributed by atoms with van der Waals surface area (Å²) in [6.45, 7) is 0. The van der Waals surface area contributed by atoms with Gasteiger partial charge in [0.25, 0.3) is 0 Å². The maximum atomic E-state index is 11.1. The van der Waals surface area contributed by atoms with Crippen LogP contribution in [0.5, 0.6) is 0 Å². The molecular weight excluding hydrogens is 164 g/mol. The summed E-state index contributed by atoms with van der Waals surface area (Å²) in [6, 6.07) is 9.19. The molecule has 13 heavy (non-hydrogen) atoms. The lowest BCUT2D eigenvalue weighted by Gasteiger charge is -2.03. The number of aromatic nitrogens is 1. The first-order chi connectivity index (χ1) is 6.31. The molecule has 0 atom stereocenters. The third-order valence-electron chi connectivity index (χ3n) is 2.03. The Hall–Kier alpha value is -1.77. The molecule has 0 aliphatic heterocycles. The van der Waals surface area contributed by atoms with Crippen molar-refractivity contribution in [2.24, 2.45) is 0 Å². The standard InChI is InChI=1S/C10H10N2O/c1-11-8-4-2-3-7-5-6-9(13)12-10(7)8/h2-6,11H,1H3,(H,12,13). The third kappa shape index (κ3) is 1.28. The number of fused-ring (bicyclic) bond motifs is 1. The van der Waals surface area contributed by atoms with Crippen LogP contribution in [0.15, 0.2) is 35.1 Å². The van der Waals surface area contributed by atoms with E-state index in [9.17, 15) is 4.79 Å². The zero-order chi connectivity index (χ0) is 9.26. The number of pyridine rings is 1. The lowest BCUT2D eigenvalue weighted by Crippen LogP contribution is -2.03. The molecule has 2 N–H and O–H groups in total. The smallest absolute Gasteiger partial charge is 0.248 e. The van der Waals surface area contributed by atoms with E-state index >= 15 is 0 Å². The molecular formula is C10H10N2O. The first kappa shape index (κ1) is 7.86. The molecule has 1 heterocycles. The number of aromatic amines is 1. The number of H-pyrrole nitrogens is 1. The predicted octanol–water partition coefficient (Wildman–Crippen LogP) is 1.57. The SMILES string of the molecule is CNc1cccc2ccc(=O)[nH]c12. The van der Waals surface area contributed by atoms with Crippen LogP contribution < -0.4 is 10.9 Å². The van der Waals surface area contributed by atoms with Crippen molar-refractivity contribution >= 4 is 16.6 Å². The maximum absolute atomic E-state index is 11.1. The first-order valence-corrected chi connectivity index (χ1v) is 4.11. The van der Waals surface area contributed by atoms with Crippen molar-refractivity contribution in [2.45, 2.75) is 0 Å². The molecule has 3 nitrogen and oxygen atoms in total. The summed E-state index contributed by atoms with van der Waals surface area (Å²) in [4.78, 5) is 13.9. The molecule has 0 bridgehead atoms. The summed E-state index contributed by atoms with van der Waals surface area (Å²) in [7, 11) is 1.83. The molecule has 1 aromatic heterocycles. The van der Waals surface area contributed by atoms with E-state index in [2.05, 4.69) is 10.3 Å². The fraction of sp³-hybridized carbons (Fsp3) is 0.100. The fourth-order valence-electron chi connectivity index (χ4n) is 1.39. The second kappa shape index (κ2) is 2.94. The van der Waals surface area contributed by atoms with Gasteiger partial charge in [-0.1, -0.05) is 12.1 Å². The van der Waals surface area contributed by atoms with Gasteiger partial charge in [-0.3, -0.25) is 4.79 Å². The van der Waals surface area contributed by atoms with Crippen LogP contribution in [-0.2, 0) is 0 Å². The lowest BCUT2D eigenvalue weighted by molar-refractivity contribution is 1.30. The number of benzene rings is 1. The van der Waals surface area contributed by atoms with Gasteiger partial charge in [0.15, 0.2) is 0 Å². The monoisotopic (exact) mass is 174 g/mol. The van der Waals surface area contributed by atoms with Gasteiger partial charge in [0, 0.05) is 18.5 Å². The van der Waals surface area contributed by atoms with Gasteiger partial charge in [0.2, 0.25) is 5.56 Å². The Labute approximate surface area is 75.4 Å². The second-order valence-corrected chi connectivity index (χ2v) is 2.84. The predicted molar refractivity (Wildman–Crippen MR) is 54.1 cm³/mol. The first-order valence-electron chi connectivity index (χ1n) is 4.11. The van der Waals surface area contributed by atoms with Crippen LogP contribution >= 0.6 is 0 Å². The van der Waals surface area contributed by atoms with Crippen molar-refractivity contribution in [1.82, 2.24) is 4.98 Å². The summed E-state index contributed by atoms with van der Waals surface area (Å²) in [5, 5.41) is 4.06. The fourth-order valence-corrected chi connectivity index (χ4v) is 1.39. The highest BCUT2D eigenvalue weighted by Crippen LogP contribution is 2.18. The third-order valence-corrected chi connectivity index (χ3v) is 2.03. The minimum atomic E-state index is -0.0739. The van der Waals surface area contributed by atoms with E-state index in [1.807, 2.05) is 31.3 Å². The van der Waals surface area contributed by atoms with Gasteiger partial charge in [0.1, 0.15) is 0 Å². The quantitative estimate of drug-likeness (QED) is 0.689. The van der Waals surface area contributed by atoms with Crippen molar-refractivity contribution < 1.29 is 0 Å². The second-order valence-electron chi connectivity index (χ2n) is 2.84. The van der Waals surface area contributed by atoms with Gasteiger partial charge in [-0.25, -0.2) is 0 Å². The Morgan fingerprint density at radius 1 is 1.23 bits per heavy atom. The minimum Gasteiger partial charge on any atom is -0.386 e. The molecule has 0 aliphatic carbocycles. The van der Waals surface area contributed by atoms with E-state index in [1.165, 1.54) is 6.07 Å². The van der Waals surface area contributed by atoms with E-state index in [0.29, 0.717) is 0 Å². The number of para-hydroxylation sites is 1. The highest BCUT2D eigenvalue weighted by Gasteiger charge is 1.98. The molecule has 66 valence electrons. The average molecular weight is 174 g/mol. The lowest BCUT2D eigenvalue weighted by atomic mass is 10.2. The van der Waals surface area contributed by atoms with Crippen LogP contribution in [-0.4, -0.2) is 12.0 Å². The summed E-state index contributed by atoms with van der Waals surface area (Å²) in [5.74, 6) is 0. The topological polar surface area (TPSA) is 44.9 Å². The van der Waals surface area contributed by atoms with E-state index in [0.717, 1.165) is 16.6 Å². The van der Waals surface area contributed by atoms with Crippen LogP contribution in [0.2, 0.25) is 0 Å². The molecule has 3 heteroatoms. The van der Waals surface area contributed by atoms with Gasteiger partial charge in [-0.15, -0.1) is 0 Å². The van der Waals surface area contributed by atoms with E-state index in [-0.39, 0.29) is 5.56 Å². The Morgan fingerprint density at radius 3 is 2.85 bits per heavy atom. The zero-order valence-electron chi connectivity index (χ0n) is 7.29. The van der Waals surface area contributed by atoms with Crippen LogP contribution in [0, 0.1) is 0 Å². The molecule has 1 aromatic carbocycles. The maximum Gasteiger partial charge on any atom is 0.248 e. The Morgan fingerprint density at radius 2 is 2.08 bits per heavy atom. The molecule has 0 unspecified atom stereocenters. The molecule has 0 aliphatic rings. The van der Waals surface area contributed by atoms with Gasteiger partial charge in [-0.05, 0) is 12.1 Å². The highest BCUT2D eigenvalue weighted by molar-refractivity contribution is 5.89. The molecule has 0 saturated heterocycles. The molecule has 0 saturated carbocycles. The molecule has 0 amide bonds. The summed E-state index contributed by atoms with van der Waals surface area (Å²) < 4.78 is 0. The Kier molecular flexibility index (Phi) is 1.77. The van der Waals surface area contributed by atoms with Crippen LogP contribution in [0.1, 0.15) is 0 Å². The highest BCUT2D eigenvalue weighted by atomic mass is 16.1. The minimum absolute atomic E-state index is 0.0739. The molecule has 2 aromatic rings.